The Balaban J connectivity index is 1.24. The Kier molecular flexibility index (Phi) is 6.03. The molecule has 2 aliphatic rings. The number of fused-ring (bicyclic) bond motifs is 1. The monoisotopic (exact) mass is 492 g/mol. The molecule has 1 aliphatic heterocycles. The number of likely N-dealkylation sites (tertiary alicyclic amines) is 1. The summed E-state index contributed by atoms with van der Waals surface area (Å²) < 4.78 is 48.2. The molecule has 0 spiro atoms. The molecule has 3 aromatic heterocycles. The van der Waals surface area contributed by atoms with E-state index >= 15 is 4.39 Å². The highest BCUT2D eigenvalue weighted by atomic mass is 19.3. The molecule has 1 saturated heterocycles. The van der Waals surface area contributed by atoms with Crippen molar-refractivity contribution in [2.24, 2.45) is 0 Å². The molecule has 10 nitrogen and oxygen atoms in total. The predicted octanol–water partition coefficient (Wildman–Crippen LogP) is 3.37. The number of ether oxygens (including phenoxy) is 1. The Bertz CT molecular complexity index is 1200. The predicted molar refractivity (Wildman–Crippen MR) is 120 cm³/mol. The Morgan fingerprint density at radius 2 is 2.14 bits per heavy atom. The number of imidazole rings is 1. The standard InChI is InChI=1S/C22H27F3N8O2/c1-12(2)27-21(34)35-16-4-3-14(19(16)23)15-7-17(31-30-15)29-20-26-6-5-18-28-13(9-33(18)20)8-32-10-22(24,25)11-32/h5-7,9,12,14,16,19H,3-4,8,10-11H2,1-2H3,(H,27,34)(H2,26,29,30,31)/t14-,16-,19+/m1/s1. The summed E-state index contributed by atoms with van der Waals surface area (Å²) in [5.41, 5.74) is 1.85. The lowest BCUT2D eigenvalue weighted by Crippen LogP contribution is -2.55. The van der Waals surface area contributed by atoms with Crippen molar-refractivity contribution in [1.82, 2.24) is 34.8 Å². The first kappa shape index (κ1) is 23.4. The molecule has 0 bridgehead atoms. The number of rotatable bonds is 7. The quantitative estimate of drug-likeness (QED) is 0.464. The van der Waals surface area contributed by atoms with Gasteiger partial charge in [0.25, 0.3) is 5.92 Å². The smallest absolute Gasteiger partial charge is 0.407 e. The Morgan fingerprint density at radius 3 is 2.89 bits per heavy atom. The molecule has 0 aromatic carbocycles. The van der Waals surface area contributed by atoms with Gasteiger partial charge in [-0.05, 0) is 32.8 Å². The maximum absolute atomic E-state index is 15.0. The number of hydrogen-bond acceptors (Lipinski definition) is 7. The molecular formula is C22H27F3N8O2. The van der Waals surface area contributed by atoms with Crippen LogP contribution in [0.5, 0.6) is 0 Å². The van der Waals surface area contributed by atoms with Gasteiger partial charge in [0.15, 0.2) is 5.82 Å². The third kappa shape index (κ3) is 5.04. The fourth-order valence-electron chi connectivity index (χ4n) is 4.57. The van der Waals surface area contributed by atoms with Crippen molar-refractivity contribution in [2.75, 3.05) is 18.4 Å². The Hall–Kier alpha value is -3.35. The highest BCUT2D eigenvalue weighted by Crippen LogP contribution is 2.38. The summed E-state index contributed by atoms with van der Waals surface area (Å²) in [6.07, 6.45) is 1.46. The lowest BCUT2D eigenvalue weighted by atomic mass is 10.0. The van der Waals surface area contributed by atoms with Crippen LogP contribution in [0.4, 0.5) is 29.7 Å². The minimum absolute atomic E-state index is 0.0934. The lowest BCUT2D eigenvalue weighted by molar-refractivity contribution is -0.134. The first-order valence-electron chi connectivity index (χ1n) is 11.5. The van der Waals surface area contributed by atoms with Gasteiger partial charge in [0.1, 0.15) is 17.9 Å². The van der Waals surface area contributed by atoms with Crippen LogP contribution >= 0.6 is 0 Å². The van der Waals surface area contributed by atoms with Crippen LogP contribution in [-0.2, 0) is 11.3 Å². The number of hydrogen-bond donors (Lipinski definition) is 3. The average molecular weight is 493 g/mol. The lowest BCUT2D eigenvalue weighted by Gasteiger charge is -2.38. The topological polar surface area (TPSA) is 112 Å². The molecule has 1 saturated carbocycles. The SMILES string of the molecule is CC(C)NC(=O)O[C@@H]1CC[C@H](c2cc(Nc3nccc4nc(CN5CC(F)(F)C5)cn34)n[nH]2)[C@@H]1F. The largest absolute Gasteiger partial charge is 0.443 e. The number of alkyl halides is 3. The van der Waals surface area contributed by atoms with Crippen molar-refractivity contribution >= 4 is 23.5 Å². The van der Waals surface area contributed by atoms with E-state index in [-0.39, 0.29) is 19.1 Å². The molecule has 2 fully saturated rings. The molecule has 3 N–H and O–H groups in total. The summed E-state index contributed by atoms with van der Waals surface area (Å²) in [4.78, 5) is 22.3. The normalized spacial score (nSPS) is 24.0. The number of amides is 1. The van der Waals surface area contributed by atoms with E-state index in [4.69, 9.17) is 4.74 Å². The summed E-state index contributed by atoms with van der Waals surface area (Å²) in [7, 11) is 0. The van der Waals surface area contributed by atoms with Crippen LogP contribution in [0, 0.1) is 0 Å². The minimum atomic E-state index is -2.63. The van der Waals surface area contributed by atoms with E-state index in [0.717, 1.165) is 0 Å². The highest BCUT2D eigenvalue weighted by molar-refractivity contribution is 5.67. The second-order valence-electron chi connectivity index (χ2n) is 9.43. The fourth-order valence-corrected chi connectivity index (χ4v) is 4.57. The first-order chi connectivity index (χ1) is 16.7. The molecule has 35 heavy (non-hydrogen) atoms. The third-order valence-electron chi connectivity index (χ3n) is 6.13. The highest BCUT2D eigenvalue weighted by Gasteiger charge is 2.44. The summed E-state index contributed by atoms with van der Waals surface area (Å²) in [5.74, 6) is -2.24. The summed E-state index contributed by atoms with van der Waals surface area (Å²) >= 11 is 0. The van der Waals surface area contributed by atoms with E-state index in [2.05, 4.69) is 30.8 Å². The number of alkyl carbamates (subject to hydrolysis) is 1. The zero-order chi connectivity index (χ0) is 24.7. The van der Waals surface area contributed by atoms with Gasteiger partial charge >= 0.3 is 6.09 Å². The Labute approximate surface area is 199 Å². The van der Waals surface area contributed by atoms with E-state index in [1.807, 2.05) is 0 Å². The number of anilines is 2. The molecule has 13 heteroatoms. The number of halogens is 3. The molecule has 1 amide bonds. The van der Waals surface area contributed by atoms with Gasteiger partial charge in [0.2, 0.25) is 5.95 Å². The molecule has 0 radical (unpaired) electrons. The molecule has 5 rings (SSSR count). The van der Waals surface area contributed by atoms with Gasteiger partial charge in [-0.1, -0.05) is 0 Å². The van der Waals surface area contributed by atoms with Gasteiger partial charge < -0.3 is 15.4 Å². The zero-order valence-electron chi connectivity index (χ0n) is 19.3. The number of nitrogens with zero attached hydrogens (tertiary/aromatic N) is 5. The number of aromatic amines is 1. The van der Waals surface area contributed by atoms with Gasteiger partial charge in [-0.2, -0.15) is 5.10 Å². The van der Waals surface area contributed by atoms with E-state index in [9.17, 15) is 13.6 Å². The maximum Gasteiger partial charge on any atom is 0.407 e. The minimum Gasteiger partial charge on any atom is -0.443 e. The second kappa shape index (κ2) is 9.02. The molecular weight excluding hydrogens is 465 g/mol. The van der Waals surface area contributed by atoms with Gasteiger partial charge in [-0.25, -0.2) is 27.9 Å². The van der Waals surface area contributed by atoms with Gasteiger partial charge in [-0.15, -0.1) is 0 Å². The van der Waals surface area contributed by atoms with Crippen molar-refractivity contribution in [2.45, 2.75) is 63.4 Å². The van der Waals surface area contributed by atoms with E-state index < -0.39 is 30.2 Å². The number of H-pyrrole nitrogens is 1. The number of carbonyl (C=O) groups excluding carboxylic acids is 1. The van der Waals surface area contributed by atoms with Gasteiger partial charge in [0, 0.05) is 42.7 Å². The van der Waals surface area contributed by atoms with E-state index in [1.54, 1.807) is 47.7 Å². The summed E-state index contributed by atoms with van der Waals surface area (Å²) in [6, 6.07) is 3.33. The molecule has 4 heterocycles. The van der Waals surface area contributed by atoms with Crippen LogP contribution in [-0.4, -0.2) is 72.9 Å². The van der Waals surface area contributed by atoms with Crippen molar-refractivity contribution < 1.29 is 22.7 Å². The number of aromatic nitrogens is 5. The van der Waals surface area contributed by atoms with E-state index in [0.29, 0.717) is 48.2 Å². The number of carbonyl (C=O) groups is 1. The summed E-state index contributed by atoms with van der Waals surface area (Å²) in [6.45, 7) is 3.38. The van der Waals surface area contributed by atoms with Crippen molar-refractivity contribution in [3.63, 3.8) is 0 Å². The molecule has 3 aromatic rings. The third-order valence-corrected chi connectivity index (χ3v) is 6.13. The van der Waals surface area contributed by atoms with Crippen LogP contribution < -0.4 is 10.6 Å². The maximum atomic E-state index is 15.0. The van der Waals surface area contributed by atoms with Crippen molar-refractivity contribution in [3.8, 4) is 0 Å². The average Bonchev–Trinajstić information content (AvgIpc) is 3.46. The van der Waals surface area contributed by atoms with Crippen molar-refractivity contribution in [1.29, 1.82) is 0 Å². The Morgan fingerprint density at radius 1 is 1.34 bits per heavy atom. The van der Waals surface area contributed by atoms with Gasteiger partial charge in [0.05, 0.1) is 18.8 Å². The van der Waals surface area contributed by atoms with Crippen LogP contribution in [0.15, 0.2) is 24.5 Å². The van der Waals surface area contributed by atoms with Crippen LogP contribution in [0.3, 0.4) is 0 Å². The molecule has 0 unspecified atom stereocenters. The zero-order valence-corrected chi connectivity index (χ0v) is 19.3. The molecule has 1 aliphatic carbocycles. The summed E-state index contributed by atoms with van der Waals surface area (Å²) in [5, 5.41) is 12.8. The fraction of sp³-hybridized carbons (Fsp3) is 0.545. The molecule has 3 atom stereocenters. The second-order valence-corrected chi connectivity index (χ2v) is 9.43. The molecule has 188 valence electrons. The van der Waals surface area contributed by atoms with Crippen LogP contribution in [0.1, 0.15) is 44.0 Å². The first-order valence-corrected chi connectivity index (χ1v) is 11.5. The number of nitrogens with one attached hydrogen (secondary N) is 3. The van der Waals surface area contributed by atoms with Gasteiger partial charge in [-0.3, -0.25) is 14.4 Å². The van der Waals surface area contributed by atoms with E-state index in [1.165, 1.54) is 0 Å². The van der Waals surface area contributed by atoms with Crippen molar-refractivity contribution in [3.05, 3.63) is 35.9 Å². The van der Waals surface area contributed by atoms with Crippen LogP contribution in [0.2, 0.25) is 0 Å². The van der Waals surface area contributed by atoms with Crippen LogP contribution in [0.25, 0.3) is 5.65 Å².